The normalized spacial score (nSPS) is 10.2. The van der Waals surface area contributed by atoms with Crippen molar-refractivity contribution in [2.24, 2.45) is 0 Å². The Labute approximate surface area is 109 Å². The lowest BCUT2D eigenvalue weighted by Gasteiger charge is -2.05. The highest BCUT2D eigenvalue weighted by Crippen LogP contribution is 2.20. The van der Waals surface area contributed by atoms with Gasteiger partial charge in [0.2, 0.25) is 5.89 Å². The van der Waals surface area contributed by atoms with Gasteiger partial charge < -0.3 is 15.1 Å². The van der Waals surface area contributed by atoms with E-state index < -0.39 is 4.92 Å². The van der Waals surface area contributed by atoms with Crippen LogP contribution in [0.2, 0.25) is 0 Å². The van der Waals surface area contributed by atoms with E-state index in [1.165, 1.54) is 12.1 Å². The molecule has 2 heterocycles. The lowest BCUT2D eigenvalue weighted by atomic mass is 10.3. The Bertz CT molecular complexity index is 596. The number of aryl methyl sites for hydroxylation is 1. The minimum absolute atomic E-state index is 0.0366. The molecule has 0 aliphatic heterocycles. The van der Waals surface area contributed by atoms with Crippen molar-refractivity contribution in [3.63, 3.8) is 0 Å². The topological polar surface area (TPSA) is 106 Å². The SMILES string of the molecule is CNc1cc([N+](=O)[O-])cc(NCc2ncc(C)o2)n1. The largest absolute Gasteiger partial charge is 0.444 e. The van der Waals surface area contributed by atoms with Gasteiger partial charge in [-0.15, -0.1) is 0 Å². The Kier molecular flexibility index (Phi) is 3.60. The number of aromatic nitrogens is 2. The molecule has 2 N–H and O–H groups in total. The van der Waals surface area contributed by atoms with Gasteiger partial charge >= 0.3 is 0 Å². The summed E-state index contributed by atoms with van der Waals surface area (Å²) in [7, 11) is 1.65. The molecule has 0 aromatic carbocycles. The van der Waals surface area contributed by atoms with E-state index in [-0.39, 0.29) is 5.69 Å². The van der Waals surface area contributed by atoms with Crippen molar-refractivity contribution in [2.45, 2.75) is 13.5 Å². The van der Waals surface area contributed by atoms with Crippen LogP contribution in [0.3, 0.4) is 0 Å². The van der Waals surface area contributed by atoms with Gasteiger partial charge in [-0.25, -0.2) is 9.97 Å². The van der Waals surface area contributed by atoms with Crippen LogP contribution < -0.4 is 10.6 Å². The Morgan fingerprint density at radius 1 is 1.42 bits per heavy atom. The number of nitro groups is 1. The van der Waals surface area contributed by atoms with Gasteiger partial charge in [-0.1, -0.05) is 0 Å². The number of hydrogen-bond acceptors (Lipinski definition) is 7. The van der Waals surface area contributed by atoms with Crippen LogP contribution in [0.25, 0.3) is 0 Å². The van der Waals surface area contributed by atoms with Gasteiger partial charge in [-0.05, 0) is 6.92 Å². The van der Waals surface area contributed by atoms with E-state index in [0.29, 0.717) is 29.8 Å². The Balaban J connectivity index is 2.15. The lowest BCUT2D eigenvalue weighted by molar-refractivity contribution is -0.384. The summed E-state index contributed by atoms with van der Waals surface area (Å²) >= 11 is 0. The summed E-state index contributed by atoms with van der Waals surface area (Å²) in [4.78, 5) is 18.5. The highest BCUT2D eigenvalue weighted by molar-refractivity contribution is 5.54. The van der Waals surface area contributed by atoms with Crippen molar-refractivity contribution in [3.05, 3.63) is 40.1 Å². The second-order valence-corrected chi connectivity index (χ2v) is 3.82. The van der Waals surface area contributed by atoms with Crippen molar-refractivity contribution >= 4 is 17.3 Å². The van der Waals surface area contributed by atoms with Crippen molar-refractivity contribution in [2.75, 3.05) is 17.7 Å². The molecule has 0 atom stereocenters. The third-order valence-corrected chi connectivity index (χ3v) is 2.37. The summed E-state index contributed by atoms with van der Waals surface area (Å²) in [5, 5.41) is 16.5. The van der Waals surface area contributed by atoms with Crippen molar-refractivity contribution < 1.29 is 9.34 Å². The standard InChI is InChI=1S/C11H13N5O3/c1-7-5-14-11(19-7)6-13-10-4-8(16(17)18)3-9(12-2)15-10/h3-5H,6H2,1-2H3,(H2,12,13,15). The summed E-state index contributed by atoms with van der Waals surface area (Å²) in [5.41, 5.74) is -0.0366. The minimum Gasteiger partial charge on any atom is -0.444 e. The first-order chi connectivity index (χ1) is 9.08. The zero-order chi connectivity index (χ0) is 13.8. The molecule has 0 radical (unpaired) electrons. The molecular formula is C11H13N5O3. The summed E-state index contributed by atoms with van der Waals surface area (Å²) in [6.45, 7) is 2.10. The zero-order valence-electron chi connectivity index (χ0n) is 10.5. The van der Waals surface area contributed by atoms with Crippen LogP contribution in [0.1, 0.15) is 11.7 Å². The number of hydrogen-bond donors (Lipinski definition) is 2. The molecule has 8 heteroatoms. The molecule has 0 saturated heterocycles. The molecule has 2 aromatic rings. The summed E-state index contributed by atoms with van der Waals surface area (Å²) in [6.07, 6.45) is 1.61. The minimum atomic E-state index is -0.469. The first kappa shape index (κ1) is 12.8. The van der Waals surface area contributed by atoms with Crippen molar-refractivity contribution in [1.82, 2.24) is 9.97 Å². The lowest BCUT2D eigenvalue weighted by Crippen LogP contribution is -2.04. The molecule has 100 valence electrons. The Hall–Kier alpha value is -2.64. The molecule has 0 saturated carbocycles. The van der Waals surface area contributed by atoms with Crippen LogP contribution in [0.5, 0.6) is 0 Å². The zero-order valence-corrected chi connectivity index (χ0v) is 10.5. The number of oxazole rings is 1. The highest BCUT2D eigenvalue weighted by atomic mass is 16.6. The number of pyridine rings is 1. The van der Waals surface area contributed by atoms with Gasteiger partial charge in [0.05, 0.1) is 29.8 Å². The van der Waals surface area contributed by atoms with Crippen LogP contribution in [-0.2, 0) is 6.54 Å². The molecule has 0 amide bonds. The van der Waals surface area contributed by atoms with Gasteiger partial charge in [0.25, 0.3) is 5.69 Å². The molecule has 2 rings (SSSR count). The van der Waals surface area contributed by atoms with Gasteiger partial charge in [0.15, 0.2) is 0 Å². The van der Waals surface area contributed by atoms with E-state index in [9.17, 15) is 10.1 Å². The monoisotopic (exact) mass is 263 g/mol. The second-order valence-electron chi connectivity index (χ2n) is 3.82. The maximum atomic E-state index is 10.8. The summed E-state index contributed by atoms with van der Waals surface area (Å²) in [6, 6.07) is 2.72. The molecule has 0 bridgehead atoms. The number of rotatable bonds is 5. The number of anilines is 2. The fourth-order valence-electron chi connectivity index (χ4n) is 1.49. The van der Waals surface area contributed by atoms with Crippen LogP contribution in [0.15, 0.2) is 22.7 Å². The van der Waals surface area contributed by atoms with Crippen LogP contribution in [0.4, 0.5) is 17.3 Å². The first-order valence-corrected chi connectivity index (χ1v) is 5.58. The predicted octanol–water partition coefficient (Wildman–Crippen LogP) is 1.94. The Morgan fingerprint density at radius 3 is 2.74 bits per heavy atom. The van der Waals surface area contributed by atoms with Crippen molar-refractivity contribution in [1.29, 1.82) is 0 Å². The fraction of sp³-hybridized carbons (Fsp3) is 0.273. The van der Waals surface area contributed by atoms with Crippen LogP contribution in [-0.4, -0.2) is 21.9 Å². The van der Waals surface area contributed by atoms with Gasteiger partial charge in [0, 0.05) is 7.05 Å². The van der Waals surface area contributed by atoms with Crippen molar-refractivity contribution in [3.8, 4) is 0 Å². The molecule has 0 fully saturated rings. The van der Waals surface area contributed by atoms with E-state index in [0.717, 1.165) is 0 Å². The highest BCUT2D eigenvalue weighted by Gasteiger charge is 2.11. The van der Waals surface area contributed by atoms with E-state index in [4.69, 9.17) is 4.42 Å². The van der Waals surface area contributed by atoms with E-state index in [2.05, 4.69) is 20.6 Å². The van der Waals surface area contributed by atoms with Gasteiger partial charge in [-0.2, -0.15) is 0 Å². The molecule has 19 heavy (non-hydrogen) atoms. The third kappa shape index (κ3) is 3.18. The number of nitrogens with one attached hydrogen (secondary N) is 2. The molecule has 0 aliphatic rings. The average Bonchev–Trinajstić information content (AvgIpc) is 2.81. The smallest absolute Gasteiger partial charge is 0.276 e. The molecule has 0 spiro atoms. The van der Waals surface area contributed by atoms with Gasteiger partial charge in [-0.3, -0.25) is 10.1 Å². The second kappa shape index (κ2) is 5.34. The molecule has 8 nitrogen and oxygen atoms in total. The molecule has 0 unspecified atom stereocenters. The Morgan fingerprint density at radius 2 is 2.16 bits per heavy atom. The third-order valence-electron chi connectivity index (χ3n) is 2.37. The van der Waals surface area contributed by atoms with E-state index in [1.807, 2.05) is 0 Å². The molecule has 0 aliphatic carbocycles. The van der Waals surface area contributed by atoms with Crippen LogP contribution in [0, 0.1) is 17.0 Å². The van der Waals surface area contributed by atoms with Gasteiger partial charge in [0.1, 0.15) is 17.4 Å². The number of nitrogens with zero attached hydrogens (tertiary/aromatic N) is 3. The fourth-order valence-corrected chi connectivity index (χ4v) is 1.49. The average molecular weight is 263 g/mol. The van der Waals surface area contributed by atoms with Crippen LogP contribution >= 0.6 is 0 Å². The maximum Gasteiger partial charge on any atom is 0.276 e. The summed E-state index contributed by atoms with van der Waals surface area (Å²) < 4.78 is 5.29. The predicted molar refractivity (Wildman–Crippen MR) is 69.0 cm³/mol. The van der Waals surface area contributed by atoms with E-state index >= 15 is 0 Å². The molecular weight excluding hydrogens is 250 g/mol. The maximum absolute atomic E-state index is 10.8. The first-order valence-electron chi connectivity index (χ1n) is 5.58. The quantitative estimate of drug-likeness (QED) is 0.627. The molecule has 2 aromatic heterocycles. The van der Waals surface area contributed by atoms with E-state index in [1.54, 1.807) is 20.2 Å². The summed E-state index contributed by atoms with van der Waals surface area (Å²) in [5.74, 6) is 2.01.